The molecule has 0 atom stereocenters. The molecule has 1 N–H and O–H groups in total. The Kier molecular flexibility index (Phi) is 7.41. The van der Waals surface area contributed by atoms with Crippen molar-refractivity contribution in [2.75, 3.05) is 33.4 Å². The SMILES string of the molecule is CCn1cc(C(=O)N/N=C/c2ccc(OC)cc2)c2cc(-c3nc(CN4CCOCC4)cs3)ccc21. The summed E-state index contributed by atoms with van der Waals surface area (Å²) >= 11 is 1.63. The zero-order valence-electron chi connectivity index (χ0n) is 20.4. The van der Waals surface area contributed by atoms with Crippen LogP contribution in [0.4, 0.5) is 0 Å². The average Bonchev–Trinajstić information content (AvgIpc) is 3.54. The number of carbonyl (C=O) groups is 1. The number of amides is 1. The van der Waals surface area contributed by atoms with E-state index in [1.54, 1.807) is 24.7 Å². The number of rotatable bonds is 8. The van der Waals surface area contributed by atoms with Gasteiger partial charge in [0.05, 0.1) is 37.8 Å². The molecule has 2 aromatic heterocycles. The summed E-state index contributed by atoms with van der Waals surface area (Å²) in [6, 6.07) is 13.7. The predicted octanol–water partition coefficient (Wildman–Crippen LogP) is 4.39. The quantitative estimate of drug-likeness (QED) is 0.285. The van der Waals surface area contributed by atoms with Gasteiger partial charge in [0.25, 0.3) is 5.91 Å². The molecule has 1 saturated heterocycles. The number of morpholine rings is 1. The Morgan fingerprint density at radius 2 is 2.03 bits per heavy atom. The number of benzene rings is 2. The highest BCUT2D eigenvalue weighted by atomic mass is 32.1. The van der Waals surface area contributed by atoms with Crippen LogP contribution in [0.1, 0.15) is 28.5 Å². The maximum atomic E-state index is 13.1. The number of aryl methyl sites for hydroxylation is 1. The minimum Gasteiger partial charge on any atom is -0.497 e. The Morgan fingerprint density at radius 3 is 2.78 bits per heavy atom. The summed E-state index contributed by atoms with van der Waals surface area (Å²) in [7, 11) is 1.63. The second-order valence-corrected chi connectivity index (χ2v) is 9.42. The molecular formula is C27H29N5O3S. The molecule has 36 heavy (non-hydrogen) atoms. The lowest BCUT2D eigenvalue weighted by atomic mass is 10.1. The smallest absolute Gasteiger partial charge is 0.273 e. The monoisotopic (exact) mass is 503 g/mol. The molecule has 8 nitrogen and oxygen atoms in total. The Bertz CT molecular complexity index is 1370. The van der Waals surface area contributed by atoms with E-state index >= 15 is 0 Å². The molecule has 3 heterocycles. The summed E-state index contributed by atoms with van der Waals surface area (Å²) in [5.74, 6) is 0.522. The molecule has 1 aliphatic heterocycles. The minimum atomic E-state index is -0.249. The topological polar surface area (TPSA) is 81.0 Å². The molecule has 1 aliphatic rings. The van der Waals surface area contributed by atoms with Gasteiger partial charge in [-0.05, 0) is 55.0 Å². The Morgan fingerprint density at radius 1 is 1.22 bits per heavy atom. The Labute approximate surface area is 214 Å². The van der Waals surface area contributed by atoms with E-state index in [0.29, 0.717) is 5.56 Å². The van der Waals surface area contributed by atoms with Gasteiger partial charge in [0.15, 0.2) is 0 Å². The van der Waals surface area contributed by atoms with Crippen LogP contribution in [0.3, 0.4) is 0 Å². The zero-order valence-corrected chi connectivity index (χ0v) is 21.3. The largest absolute Gasteiger partial charge is 0.497 e. The number of hydrogen-bond acceptors (Lipinski definition) is 7. The van der Waals surface area contributed by atoms with Crippen LogP contribution in [0.5, 0.6) is 5.75 Å². The van der Waals surface area contributed by atoms with Gasteiger partial charge < -0.3 is 14.0 Å². The van der Waals surface area contributed by atoms with Gasteiger partial charge in [-0.2, -0.15) is 5.10 Å². The van der Waals surface area contributed by atoms with Gasteiger partial charge in [0.1, 0.15) is 10.8 Å². The molecule has 9 heteroatoms. The third-order valence-corrected chi connectivity index (χ3v) is 7.19. The first-order valence-corrected chi connectivity index (χ1v) is 12.9. The van der Waals surface area contributed by atoms with Gasteiger partial charge in [-0.15, -0.1) is 11.3 Å². The van der Waals surface area contributed by atoms with E-state index in [1.807, 2.05) is 30.5 Å². The van der Waals surface area contributed by atoms with Gasteiger partial charge in [0, 0.05) is 54.2 Å². The van der Waals surface area contributed by atoms with Crippen molar-refractivity contribution >= 4 is 34.4 Å². The first kappa shape index (κ1) is 24.2. The van der Waals surface area contributed by atoms with Crippen LogP contribution in [0.2, 0.25) is 0 Å². The van der Waals surface area contributed by atoms with Crippen LogP contribution in [-0.4, -0.2) is 60.0 Å². The number of nitrogens with one attached hydrogen (secondary N) is 1. The third-order valence-electron chi connectivity index (χ3n) is 6.25. The van der Waals surface area contributed by atoms with E-state index in [1.165, 1.54) is 0 Å². The van der Waals surface area contributed by atoms with Crippen molar-refractivity contribution in [1.82, 2.24) is 19.9 Å². The normalized spacial score (nSPS) is 14.5. The summed E-state index contributed by atoms with van der Waals surface area (Å²) in [5.41, 5.74) is 7.21. The van der Waals surface area contributed by atoms with Crippen LogP contribution >= 0.6 is 11.3 Å². The number of nitrogens with zero attached hydrogens (tertiary/aromatic N) is 4. The van der Waals surface area contributed by atoms with Crippen molar-refractivity contribution in [3.63, 3.8) is 0 Å². The van der Waals surface area contributed by atoms with E-state index in [2.05, 4.69) is 50.5 Å². The Balaban J connectivity index is 1.35. The van der Waals surface area contributed by atoms with Crippen molar-refractivity contribution in [2.24, 2.45) is 5.10 Å². The number of carbonyl (C=O) groups excluding carboxylic acids is 1. The van der Waals surface area contributed by atoms with E-state index in [9.17, 15) is 4.79 Å². The lowest BCUT2D eigenvalue weighted by Gasteiger charge is -2.25. The summed E-state index contributed by atoms with van der Waals surface area (Å²) in [4.78, 5) is 20.3. The number of ether oxygens (including phenoxy) is 2. The van der Waals surface area contributed by atoms with Gasteiger partial charge in [-0.1, -0.05) is 0 Å². The highest BCUT2D eigenvalue weighted by Gasteiger charge is 2.17. The first-order chi connectivity index (χ1) is 17.6. The number of methoxy groups -OCH3 is 1. The molecule has 1 amide bonds. The van der Waals surface area contributed by atoms with E-state index < -0.39 is 0 Å². The molecule has 0 bridgehead atoms. The average molecular weight is 504 g/mol. The summed E-state index contributed by atoms with van der Waals surface area (Å²) in [6.07, 6.45) is 3.51. The molecule has 4 aromatic rings. The van der Waals surface area contributed by atoms with E-state index in [4.69, 9.17) is 14.5 Å². The standard InChI is InChI=1S/C27H29N5O3S/c1-3-32-17-24(26(33)30-28-15-19-4-7-22(34-2)8-5-19)23-14-20(6-9-25(23)32)27-29-21(18-36-27)16-31-10-12-35-13-11-31/h4-9,14-15,17-18H,3,10-13,16H2,1-2H3,(H,30,33)/b28-15+. The molecule has 186 valence electrons. The van der Waals surface area contributed by atoms with Crippen LogP contribution in [0, 0.1) is 0 Å². The molecule has 0 spiro atoms. The maximum absolute atomic E-state index is 13.1. The zero-order chi connectivity index (χ0) is 24.9. The van der Waals surface area contributed by atoms with E-state index in [0.717, 1.165) is 77.9 Å². The number of aromatic nitrogens is 2. The van der Waals surface area contributed by atoms with Crippen molar-refractivity contribution in [2.45, 2.75) is 20.0 Å². The third kappa shape index (κ3) is 5.33. The summed E-state index contributed by atoms with van der Waals surface area (Å²) < 4.78 is 12.7. The van der Waals surface area contributed by atoms with Crippen molar-refractivity contribution in [3.05, 3.63) is 70.9 Å². The predicted molar refractivity (Wildman–Crippen MR) is 143 cm³/mol. The van der Waals surface area contributed by atoms with Gasteiger partial charge in [0.2, 0.25) is 0 Å². The summed E-state index contributed by atoms with van der Waals surface area (Å²) in [6.45, 7) is 7.07. The highest BCUT2D eigenvalue weighted by molar-refractivity contribution is 7.13. The molecule has 0 saturated carbocycles. The number of hydrogen-bond donors (Lipinski definition) is 1. The molecular weight excluding hydrogens is 474 g/mol. The van der Waals surface area contributed by atoms with Crippen LogP contribution in [0.25, 0.3) is 21.5 Å². The molecule has 5 rings (SSSR count). The number of hydrazone groups is 1. The maximum Gasteiger partial charge on any atom is 0.273 e. The fourth-order valence-corrected chi connectivity index (χ4v) is 5.10. The van der Waals surface area contributed by atoms with Crippen LogP contribution < -0.4 is 10.2 Å². The van der Waals surface area contributed by atoms with Gasteiger partial charge >= 0.3 is 0 Å². The summed E-state index contributed by atoms with van der Waals surface area (Å²) in [5, 5.41) is 8.11. The van der Waals surface area contributed by atoms with E-state index in [-0.39, 0.29) is 5.91 Å². The second-order valence-electron chi connectivity index (χ2n) is 8.57. The molecule has 0 unspecified atom stereocenters. The highest BCUT2D eigenvalue weighted by Crippen LogP contribution is 2.30. The van der Waals surface area contributed by atoms with Crippen LogP contribution in [-0.2, 0) is 17.8 Å². The number of fused-ring (bicyclic) bond motifs is 1. The fraction of sp³-hybridized carbons (Fsp3) is 0.296. The van der Waals surface area contributed by atoms with Crippen molar-refractivity contribution < 1.29 is 14.3 Å². The molecule has 0 aliphatic carbocycles. The van der Waals surface area contributed by atoms with Crippen molar-refractivity contribution in [1.29, 1.82) is 0 Å². The van der Waals surface area contributed by atoms with Gasteiger partial charge in [-0.25, -0.2) is 10.4 Å². The molecule has 0 radical (unpaired) electrons. The number of thiazole rings is 1. The first-order valence-electron chi connectivity index (χ1n) is 12.0. The minimum absolute atomic E-state index is 0.249. The van der Waals surface area contributed by atoms with Gasteiger partial charge in [-0.3, -0.25) is 9.69 Å². The molecule has 1 fully saturated rings. The van der Waals surface area contributed by atoms with Crippen molar-refractivity contribution in [3.8, 4) is 16.3 Å². The lowest BCUT2D eigenvalue weighted by Crippen LogP contribution is -2.35. The fourth-order valence-electron chi connectivity index (χ4n) is 4.29. The Hall–Kier alpha value is -3.53. The molecule has 2 aromatic carbocycles. The lowest BCUT2D eigenvalue weighted by molar-refractivity contribution is 0.0337. The van der Waals surface area contributed by atoms with Crippen LogP contribution in [0.15, 0.2) is 59.1 Å². The second kappa shape index (κ2) is 11.0.